The van der Waals surface area contributed by atoms with Crippen LogP contribution < -0.4 is 10.1 Å². The van der Waals surface area contributed by atoms with Gasteiger partial charge < -0.3 is 15.0 Å². The zero-order chi connectivity index (χ0) is 15.5. The van der Waals surface area contributed by atoms with Gasteiger partial charge in [-0.25, -0.2) is 0 Å². The van der Waals surface area contributed by atoms with E-state index in [1.165, 1.54) is 5.56 Å². The van der Waals surface area contributed by atoms with E-state index in [9.17, 15) is 4.79 Å². The molecule has 1 aliphatic heterocycles. The molecule has 1 saturated heterocycles. The lowest BCUT2D eigenvalue weighted by Crippen LogP contribution is -2.44. The summed E-state index contributed by atoms with van der Waals surface area (Å²) in [5, 5.41) is 3.28. The van der Waals surface area contributed by atoms with Gasteiger partial charge in [-0.1, -0.05) is 12.1 Å². The minimum Gasteiger partial charge on any atom is -0.497 e. The number of carbonyl (C=O) groups excluding carboxylic acids is 1. The first-order valence-corrected chi connectivity index (χ1v) is 7.59. The summed E-state index contributed by atoms with van der Waals surface area (Å²) >= 11 is 0. The first-order chi connectivity index (χ1) is 9.90. The standard InChI is InChI=1S/C17H26N2O2/c1-17(2,3)18-12-16(20)19-11-5-6-15(19)13-7-9-14(21-4)10-8-13/h7-10,15,18H,5-6,11-12H2,1-4H3. The van der Waals surface area contributed by atoms with Crippen molar-refractivity contribution in [2.24, 2.45) is 0 Å². The maximum absolute atomic E-state index is 12.4. The molecule has 4 heteroatoms. The normalized spacial score (nSPS) is 18.9. The molecule has 4 nitrogen and oxygen atoms in total. The Bertz CT molecular complexity index is 477. The highest BCUT2D eigenvalue weighted by atomic mass is 16.5. The molecule has 1 N–H and O–H groups in total. The number of amides is 1. The highest BCUT2D eigenvalue weighted by molar-refractivity contribution is 5.79. The van der Waals surface area contributed by atoms with Gasteiger partial charge in [0.15, 0.2) is 0 Å². The van der Waals surface area contributed by atoms with Crippen LogP contribution in [0.15, 0.2) is 24.3 Å². The van der Waals surface area contributed by atoms with Gasteiger partial charge in [-0.15, -0.1) is 0 Å². The fourth-order valence-corrected chi connectivity index (χ4v) is 2.68. The number of benzene rings is 1. The Hall–Kier alpha value is -1.55. The van der Waals surface area contributed by atoms with Gasteiger partial charge in [-0.2, -0.15) is 0 Å². The molecule has 1 amide bonds. The maximum atomic E-state index is 12.4. The van der Waals surface area contributed by atoms with Crippen molar-refractivity contribution in [3.8, 4) is 5.75 Å². The van der Waals surface area contributed by atoms with E-state index < -0.39 is 0 Å². The number of rotatable bonds is 4. The second-order valence-electron chi connectivity index (χ2n) is 6.62. The summed E-state index contributed by atoms with van der Waals surface area (Å²) in [6.45, 7) is 7.47. The highest BCUT2D eigenvalue weighted by Crippen LogP contribution is 2.32. The third kappa shape index (κ3) is 4.21. The molecule has 21 heavy (non-hydrogen) atoms. The Morgan fingerprint density at radius 2 is 2.00 bits per heavy atom. The molecule has 1 atom stereocenters. The quantitative estimate of drug-likeness (QED) is 0.927. The Labute approximate surface area is 127 Å². The molecular formula is C17H26N2O2. The van der Waals surface area contributed by atoms with E-state index in [4.69, 9.17) is 4.74 Å². The molecule has 0 radical (unpaired) electrons. The van der Waals surface area contributed by atoms with E-state index in [1.807, 2.05) is 17.0 Å². The Balaban J connectivity index is 2.03. The summed E-state index contributed by atoms with van der Waals surface area (Å²) in [7, 11) is 1.67. The van der Waals surface area contributed by atoms with E-state index in [0.717, 1.165) is 25.1 Å². The zero-order valence-electron chi connectivity index (χ0n) is 13.5. The second-order valence-corrected chi connectivity index (χ2v) is 6.62. The number of ether oxygens (including phenoxy) is 1. The van der Waals surface area contributed by atoms with E-state index in [0.29, 0.717) is 6.54 Å². The van der Waals surface area contributed by atoms with Crippen LogP contribution in [0.3, 0.4) is 0 Å². The number of nitrogens with zero attached hydrogens (tertiary/aromatic N) is 1. The van der Waals surface area contributed by atoms with E-state index >= 15 is 0 Å². The van der Waals surface area contributed by atoms with Crippen molar-refractivity contribution in [2.75, 3.05) is 20.2 Å². The van der Waals surface area contributed by atoms with Crippen LogP contribution in [-0.2, 0) is 4.79 Å². The summed E-state index contributed by atoms with van der Waals surface area (Å²) < 4.78 is 5.19. The third-order valence-electron chi connectivity index (χ3n) is 3.84. The molecular weight excluding hydrogens is 264 g/mol. The van der Waals surface area contributed by atoms with Crippen molar-refractivity contribution in [3.63, 3.8) is 0 Å². The van der Waals surface area contributed by atoms with E-state index in [-0.39, 0.29) is 17.5 Å². The Morgan fingerprint density at radius 1 is 1.33 bits per heavy atom. The molecule has 1 aromatic rings. The summed E-state index contributed by atoms with van der Waals surface area (Å²) in [4.78, 5) is 14.4. The molecule has 0 aliphatic carbocycles. The highest BCUT2D eigenvalue weighted by Gasteiger charge is 2.30. The molecule has 0 aromatic heterocycles. The van der Waals surface area contributed by atoms with Gasteiger partial charge in [-0.3, -0.25) is 4.79 Å². The molecule has 1 unspecified atom stereocenters. The van der Waals surface area contributed by atoms with Crippen LogP contribution >= 0.6 is 0 Å². The molecule has 1 aliphatic rings. The van der Waals surface area contributed by atoms with E-state index in [2.05, 4.69) is 38.2 Å². The Kier molecular flexibility index (Phi) is 4.88. The fourth-order valence-electron chi connectivity index (χ4n) is 2.68. The average Bonchev–Trinajstić information content (AvgIpc) is 2.93. The van der Waals surface area contributed by atoms with Crippen LogP contribution in [0.2, 0.25) is 0 Å². The predicted octanol–water partition coefficient (Wildman–Crippen LogP) is 2.75. The van der Waals surface area contributed by atoms with Crippen LogP contribution in [0, 0.1) is 0 Å². The molecule has 0 bridgehead atoms. The maximum Gasteiger partial charge on any atom is 0.237 e. The lowest BCUT2D eigenvalue weighted by Gasteiger charge is -2.28. The van der Waals surface area contributed by atoms with E-state index in [1.54, 1.807) is 7.11 Å². The molecule has 0 spiro atoms. The van der Waals surface area contributed by atoms with Crippen LogP contribution in [0.25, 0.3) is 0 Å². The van der Waals surface area contributed by atoms with Crippen molar-refractivity contribution in [3.05, 3.63) is 29.8 Å². The monoisotopic (exact) mass is 290 g/mol. The topological polar surface area (TPSA) is 41.6 Å². The smallest absolute Gasteiger partial charge is 0.237 e. The van der Waals surface area contributed by atoms with Gasteiger partial charge in [0.25, 0.3) is 0 Å². The summed E-state index contributed by atoms with van der Waals surface area (Å²) in [6.07, 6.45) is 2.10. The summed E-state index contributed by atoms with van der Waals surface area (Å²) in [6, 6.07) is 8.25. The zero-order valence-corrected chi connectivity index (χ0v) is 13.5. The number of hydrogen-bond donors (Lipinski definition) is 1. The van der Waals surface area contributed by atoms with Gasteiger partial charge in [0.1, 0.15) is 5.75 Å². The minimum absolute atomic E-state index is 0.0367. The summed E-state index contributed by atoms with van der Waals surface area (Å²) in [5.41, 5.74) is 1.16. The van der Waals surface area contributed by atoms with Crippen molar-refractivity contribution in [1.29, 1.82) is 0 Å². The largest absolute Gasteiger partial charge is 0.497 e. The van der Waals surface area contributed by atoms with Crippen molar-refractivity contribution in [2.45, 2.75) is 45.2 Å². The number of carbonyl (C=O) groups is 1. The van der Waals surface area contributed by atoms with Gasteiger partial charge >= 0.3 is 0 Å². The van der Waals surface area contributed by atoms with Crippen LogP contribution in [0.5, 0.6) is 5.75 Å². The third-order valence-corrected chi connectivity index (χ3v) is 3.84. The second kappa shape index (κ2) is 6.48. The number of hydrogen-bond acceptors (Lipinski definition) is 3. The van der Waals surface area contributed by atoms with Crippen molar-refractivity contribution >= 4 is 5.91 Å². The molecule has 1 fully saturated rings. The average molecular weight is 290 g/mol. The predicted molar refractivity (Wildman–Crippen MR) is 84.4 cm³/mol. The molecule has 116 valence electrons. The van der Waals surface area contributed by atoms with Gasteiger partial charge in [-0.05, 0) is 51.3 Å². The SMILES string of the molecule is COc1ccc(C2CCCN2C(=O)CNC(C)(C)C)cc1. The van der Waals surface area contributed by atoms with Crippen LogP contribution in [0.4, 0.5) is 0 Å². The van der Waals surface area contributed by atoms with Gasteiger partial charge in [0.05, 0.1) is 19.7 Å². The summed E-state index contributed by atoms with van der Waals surface area (Å²) in [5.74, 6) is 1.03. The van der Waals surface area contributed by atoms with Gasteiger partial charge in [0, 0.05) is 12.1 Å². The van der Waals surface area contributed by atoms with Crippen molar-refractivity contribution < 1.29 is 9.53 Å². The fraction of sp³-hybridized carbons (Fsp3) is 0.588. The van der Waals surface area contributed by atoms with Crippen molar-refractivity contribution in [1.82, 2.24) is 10.2 Å². The number of likely N-dealkylation sites (tertiary alicyclic amines) is 1. The molecule has 1 heterocycles. The minimum atomic E-state index is -0.0367. The molecule has 0 saturated carbocycles. The van der Waals surface area contributed by atoms with Gasteiger partial charge in [0.2, 0.25) is 5.91 Å². The first-order valence-electron chi connectivity index (χ1n) is 7.59. The number of nitrogens with one attached hydrogen (secondary N) is 1. The molecule has 1 aromatic carbocycles. The van der Waals surface area contributed by atoms with Crippen LogP contribution in [-0.4, -0.2) is 36.5 Å². The molecule has 2 rings (SSSR count). The number of methoxy groups -OCH3 is 1. The lowest BCUT2D eigenvalue weighted by molar-refractivity contribution is -0.131. The van der Waals surface area contributed by atoms with Crippen LogP contribution in [0.1, 0.15) is 45.2 Å². The first kappa shape index (κ1) is 15.8. The Morgan fingerprint density at radius 3 is 2.57 bits per heavy atom. The lowest BCUT2D eigenvalue weighted by atomic mass is 10.0.